The minimum absolute atomic E-state index is 0.109. The molecule has 0 saturated heterocycles. The molecule has 1 N–H and O–H groups in total. The second-order valence-electron chi connectivity index (χ2n) is 6.87. The third kappa shape index (κ3) is 4.49. The first kappa shape index (κ1) is 20.0. The molecular weight excluding hydrogens is 397 g/mol. The van der Waals surface area contributed by atoms with Crippen molar-refractivity contribution >= 4 is 28.4 Å². The van der Waals surface area contributed by atoms with Gasteiger partial charge in [0.15, 0.2) is 0 Å². The number of hydrogen-bond acceptors (Lipinski definition) is 4. The van der Waals surface area contributed by atoms with Crippen LogP contribution < -0.4 is 5.32 Å². The van der Waals surface area contributed by atoms with E-state index < -0.39 is 0 Å². The average Bonchev–Trinajstić information content (AvgIpc) is 2.79. The van der Waals surface area contributed by atoms with E-state index in [2.05, 4.69) is 15.5 Å². The van der Waals surface area contributed by atoms with E-state index in [1.165, 1.54) is 23.9 Å². The van der Waals surface area contributed by atoms with E-state index in [0.29, 0.717) is 6.54 Å². The van der Waals surface area contributed by atoms with Crippen molar-refractivity contribution in [2.24, 2.45) is 0 Å². The molecule has 0 spiro atoms. The highest BCUT2D eigenvalue weighted by Crippen LogP contribution is 2.33. The van der Waals surface area contributed by atoms with Crippen LogP contribution >= 0.6 is 11.8 Å². The average molecular weight is 418 g/mol. The van der Waals surface area contributed by atoms with E-state index in [-0.39, 0.29) is 17.0 Å². The second kappa shape index (κ2) is 9.05. The maximum atomic E-state index is 13.0. The first-order valence-corrected chi connectivity index (χ1v) is 10.5. The third-order valence-electron chi connectivity index (χ3n) is 4.74. The minimum atomic E-state index is -0.356. The van der Waals surface area contributed by atoms with E-state index >= 15 is 0 Å². The van der Waals surface area contributed by atoms with Crippen molar-refractivity contribution in [3.05, 3.63) is 90.2 Å². The quantitative estimate of drug-likeness (QED) is 0.436. The SMILES string of the molecule is C[C@H](Sc1nnc(-c2ccccc2)c2ccccc12)C(=O)NCc1ccc(F)cc1. The second-order valence-corrected chi connectivity index (χ2v) is 8.20. The molecule has 3 aromatic carbocycles. The zero-order valence-corrected chi connectivity index (χ0v) is 17.2. The van der Waals surface area contributed by atoms with Crippen LogP contribution in [0.15, 0.2) is 83.9 Å². The molecule has 0 saturated carbocycles. The molecule has 4 nitrogen and oxygen atoms in total. The summed E-state index contributed by atoms with van der Waals surface area (Å²) in [6.07, 6.45) is 0. The van der Waals surface area contributed by atoms with Crippen LogP contribution in [0.2, 0.25) is 0 Å². The van der Waals surface area contributed by atoms with Gasteiger partial charge in [0, 0.05) is 22.9 Å². The van der Waals surface area contributed by atoms with Gasteiger partial charge in [0.05, 0.1) is 5.25 Å². The van der Waals surface area contributed by atoms with Gasteiger partial charge in [0.2, 0.25) is 5.91 Å². The zero-order chi connectivity index (χ0) is 20.9. The Balaban J connectivity index is 1.52. The predicted molar refractivity (Wildman–Crippen MR) is 119 cm³/mol. The van der Waals surface area contributed by atoms with E-state index in [1.54, 1.807) is 12.1 Å². The summed E-state index contributed by atoms with van der Waals surface area (Å²) >= 11 is 1.38. The number of nitrogens with one attached hydrogen (secondary N) is 1. The molecule has 0 fully saturated rings. The van der Waals surface area contributed by atoms with Crippen LogP contribution in [0.3, 0.4) is 0 Å². The maximum absolute atomic E-state index is 13.0. The Bertz CT molecular complexity index is 1170. The van der Waals surface area contributed by atoms with Gasteiger partial charge in [-0.05, 0) is 24.6 Å². The van der Waals surface area contributed by atoms with E-state index in [0.717, 1.165) is 32.6 Å². The van der Waals surface area contributed by atoms with Crippen LogP contribution in [0.4, 0.5) is 4.39 Å². The van der Waals surface area contributed by atoms with E-state index in [9.17, 15) is 9.18 Å². The molecule has 4 aromatic rings. The Labute approximate surface area is 178 Å². The number of carbonyl (C=O) groups is 1. The lowest BCUT2D eigenvalue weighted by Gasteiger charge is -2.14. The van der Waals surface area contributed by atoms with Crippen molar-refractivity contribution < 1.29 is 9.18 Å². The van der Waals surface area contributed by atoms with Crippen molar-refractivity contribution in [2.75, 3.05) is 0 Å². The Morgan fingerprint density at radius 2 is 1.60 bits per heavy atom. The van der Waals surface area contributed by atoms with Crippen molar-refractivity contribution in [3.63, 3.8) is 0 Å². The molecule has 0 aliphatic carbocycles. The molecule has 1 amide bonds. The summed E-state index contributed by atoms with van der Waals surface area (Å²) in [6.45, 7) is 2.19. The maximum Gasteiger partial charge on any atom is 0.233 e. The molecule has 0 bridgehead atoms. The highest BCUT2D eigenvalue weighted by molar-refractivity contribution is 8.00. The monoisotopic (exact) mass is 417 g/mol. The smallest absolute Gasteiger partial charge is 0.233 e. The van der Waals surface area contributed by atoms with Gasteiger partial charge >= 0.3 is 0 Å². The van der Waals surface area contributed by atoms with Crippen molar-refractivity contribution in [1.29, 1.82) is 0 Å². The first-order chi connectivity index (χ1) is 14.6. The fourth-order valence-corrected chi connectivity index (χ4v) is 4.05. The molecule has 0 aliphatic rings. The number of carbonyl (C=O) groups excluding carboxylic acids is 1. The normalized spacial score (nSPS) is 11.9. The summed E-state index contributed by atoms with van der Waals surface area (Å²) in [5, 5.41) is 14.1. The van der Waals surface area contributed by atoms with Gasteiger partial charge in [0.25, 0.3) is 0 Å². The van der Waals surface area contributed by atoms with Crippen LogP contribution in [-0.2, 0) is 11.3 Å². The van der Waals surface area contributed by atoms with Crippen LogP contribution in [0.1, 0.15) is 12.5 Å². The molecule has 1 aromatic heterocycles. The summed E-state index contributed by atoms with van der Waals surface area (Å²) in [6, 6.07) is 24.0. The van der Waals surface area contributed by atoms with Gasteiger partial charge in [-0.1, -0.05) is 78.5 Å². The lowest BCUT2D eigenvalue weighted by atomic mass is 10.1. The fourth-order valence-electron chi connectivity index (χ4n) is 3.13. The number of aromatic nitrogens is 2. The summed E-state index contributed by atoms with van der Waals surface area (Å²) in [4.78, 5) is 12.6. The van der Waals surface area contributed by atoms with E-state index in [1.807, 2.05) is 61.5 Å². The summed E-state index contributed by atoms with van der Waals surface area (Å²) in [5.41, 5.74) is 2.67. The van der Waals surface area contributed by atoms with Crippen LogP contribution in [0.25, 0.3) is 22.0 Å². The van der Waals surface area contributed by atoms with Crippen molar-refractivity contribution in [3.8, 4) is 11.3 Å². The molecular formula is C24H20FN3OS. The number of rotatable bonds is 6. The van der Waals surface area contributed by atoms with Crippen molar-refractivity contribution in [1.82, 2.24) is 15.5 Å². The van der Waals surface area contributed by atoms with E-state index in [4.69, 9.17) is 0 Å². The number of thioether (sulfide) groups is 1. The standard InChI is InChI=1S/C24H20FN3OS/c1-16(23(29)26-15-17-11-13-19(25)14-12-17)30-24-21-10-6-5-9-20(21)22(27-28-24)18-7-3-2-4-8-18/h2-14,16H,15H2,1H3,(H,26,29)/t16-/m0/s1. The van der Waals surface area contributed by atoms with Crippen LogP contribution in [0, 0.1) is 5.82 Å². The molecule has 0 aliphatic heterocycles. The topological polar surface area (TPSA) is 54.9 Å². The molecule has 150 valence electrons. The summed E-state index contributed by atoms with van der Waals surface area (Å²) in [5.74, 6) is -0.402. The van der Waals surface area contributed by atoms with Gasteiger partial charge in [-0.15, -0.1) is 10.2 Å². The van der Waals surface area contributed by atoms with Gasteiger partial charge in [0.1, 0.15) is 16.5 Å². The highest BCUT2D eigenvalue weighted by atomic mass is 32.2. The molecule has 0 radical (unpaired) electrons. The van der Waals surface area contributed by atoms with Crippen LogP contribution in [0.5, 0.6) is 0 Å². The van der Waals surface area contributed by atoms with Gasteiger partial charge in [-0.25, -0.2) is 4.39 Å². The highest BCUT2D eigenvalue weighted by Gasteiger charge is 2.18. The predicted octanol–water partition coefficient (Wildman–Crippen LogP) is 5.23. The number of fused-ring (bicyclic) bond motifs is 1. The zero-order valence-electron chi connectivity index (χ0n) is 16.4. The number of halogens is 1. The lowest BCUT2D eigenvalue weighted by Crippen LogP contribution is -2.30. The Kier molecular flexibility index (Phi) is 6.05. The number of amides is 1. The molecule has 30 heavy (non-hydrogen) atoms. The van der Waals surface area contributed by atoms with Crippen molar-refractivity contribution in [2.45, 2.75) is 23.7 Å². The lowest BCUT2D eigenvalue weighted by molar-refractivity contribution is -0.120. The van der Waals surface area contributed by atoms with Gasteiger partial charge in [-0.2, -0.15) is 0 Å². The first-order valence-electron chi connectivity index (χ1n) is 9.61. The minimum Gasteiger partial charge on any atom is -0.351 e. The molecule has 0 unspecified atom stereocenters. The summed E-state index contributed by atoms with van der Waals surface area (Å²) < 4.78 is 13.0. The number of benzene rings is 3. The fraction of sp³-hybridized carbons (Fsp3) is 0.125. The molecule has 4 rings (SSSR count). The Hall–Kier alpha value is -3.25. The van der Waals surface area contributed by atoms with Gasteiger partial charge in [-0.3, -0.25) is 4.79 Å². The molecule has 1 heterocycles. The summed E-state index contributed by atoms with van der Waals surface area (Å²) in [7, 11) is 0. The Morgan fingerprint density at radius 1 is 0.933 bits per heavy atom. The third-order valence-corrected chi connectivity index (χ3v) is 5.83. The number of hydrogen-bond donors (Lipinski definition) is 1. The molecule has 6 heteroatoms. The van der Waals surface area contributed by atoms with Crippen LogP contribution in [-0.4, -0.2) is 21.4 Å². The number of nitrogens with zero attached hydrogens (tertiary/aromatic N) is 2. The van der Waals surface area contributed by atoms with Gasteiger partial charge < -0.3 is 5.32 Å². The molecule has 1 atom stereocenters. The Morgan fingerprint density at radius 3 is 2.33 bits per heavy atom. The largest absolute Gasteiger partial charge is 0.351 e.